The van der Waals surface area contributed by atoms with Crippen molar-refractivity contribution in [2.45, 2.75) is 23.8 Å². The molecule has 10 nitrogen and oxygen atoms in total. The molecule has 3 heterocycles. The Balaban J connectivity index is 1.21. The molecule has 1 unspecified atom stereocenters. The molecule has 0 saturated carbocycles. The number of carbonyl (C=O) groups excluding carboxylic acids is 1. The van der Waals surface area contributed by atoms with Crippen LogP contribution in [0.5, 0.6) is 5.75 Å². The number of aromatic nitrogens is 4. The molecule has 0 aliphatic carbocycles. The van der Waals surface area contributed by atoms with Crippen LogP contribution in [0.2, 0.25) is 0 Å². The molecule has 1 saturated heterocycles. The Bertz CT molecular complexity index is 1730. The molecule has 1 aliphatic rings. The van der Waals surface area contributed by atoms with E-state index in [4.69, 9.17) is 4.74 Å². The minimum absolute atomic E-state index is 0.173. The van der Waals surface area contributed by atoms with Crippen LogP contribution in [0.25, 0.3) is 33.5 Å². The zero-order valence-electron chi connectivity index (χ0n) is 20.6. The maximum absolute atomic E-state index is 13.2. The SMILES string of the molecule is COc1cccc(S(=O)(=O)N2CCCC(NC(=O)c3ccc4[nH]nc(-c5nc6ccccc6[nH]5)c4c3)C2)c1. The Kier molecular flexibility index (Phi) is 6.09. The van der Waals surface area contributed by atoms with Gasteiger partial charge in [-0.15, -0.1) is 0 Å². The lowest BCUT2D eigenvalue weighted by molar-refractivity contribution is 0.0921. The summed E-state index contributed by atoms with van der Waals surface area (Å²) in [6, 6.07) is 19.2. The number of methoxy groups -OCH3 is 1. The maximum Gasteiger partial charge on any atom is 0.251 e. The van der Waals surface area contributed by atoms with Crippen LogP contribution in [-0.2, 0) is 10.0 Å². The highest BCUT2D eigenvalue weighted by molar-refractivity contribution is 7.89. The van der Waals surface area contributed by atoms with Crippen LogP contribution in [0.1, 0.15) is 23.2 Å². The van der Waals surface area contributed by atoms with Crippen LogP contribution >= 0.6 is 0 Å². The number of hydrogen-bond acceptors (Lipinski definition) is 6. The summed E-state index contributed by atoms with van der Waals surface area (Å²) >= 11 is 0. The van der Waals surface area contributed by atoms with Crippen LogP contribution in [-0.4, -0.2) is 65.0 Å². The summed E-state index contributed by atoms with van der Waals surface area (Å²) in [6.45, 7) is 0.594. The van der Waals surface area contributed by atoms with E-state index in [-0.39, 0.29) is 23.4 Å². The first kappa shape index (κ1) is 24.1. The monoisotopic (exact) mass is 530 g/mol. The third-order valence-electron chi connectivity index (χ3n) is 6.84. The summed E-state index contributed by atoms with van der Waals surface area (Å²) in [5, 5.41) is 11.2. The number of H-pyrrole nitrogens is 2. The zero-order valence-corrected chi connectivity index (χ0v) is 21.5. The highest BCUT2D eigenvalue weighted by Crippen LogP contribution is 2.28. The van der Waals surface area contributed by atoms with E-state index in [0.29, 0.717) is 42.2 Å². The van der Waals surface area contributed by atoms with E-state index in [1.165, 1.54) is 17.5 Å². The zero-order chi connectivity index (χ0) is 26.3. The number of aromatic amines is 2. The Morgan fingerprint density at radius 3 is 2.79 bits per heavy atom. The maximum atomic E-state index is 13.2. The normalized spacial score (nSPS) is 16.6. The largest absolute Gasteiger partial charge is 0.497 e. The fraction of sp³-hybridized carbons (Fsp3) is 0.222. The molecule has 11 heteroatoms. The number of imidazole rings is 1. The molecule has 0 radical (unpaired) electrons. The number of rotatable bonds is 6. The van der Waals surface area contributed by atoms with Gasteiger partial charge in [-0.3, -0.25) is 9.89 Å². The third-order valence-corrected chi connectivity index (χ3v) is 8.70. The highest BCUT2D eigenvalue weighted by Gasteiger charge is 2.31. The predicted molar refractivity (Wildman–Crippen MR) is 143 cm³/mol. The Labute approximate surface area is 219 Å². The van der Waals surface area contributed by atoms with Gasteiger partial charge in [0.05, 0.1) is 28.6 Å². The van der Waals surface area contributed by atoms with Crippen molar-refractivity contribution in [1.29, 1.82) is 0 Å². The van der Waals surface area contributed by atoms with Crippen molar-refractivity contribution in [3.05, 3.63) is 72.3 Å². The fourth-order valence-corrected chi connectivity index (χ4v) is 6.42. The van der Waals surface area contributed by atoms with Crippen LogP contribution in [0.3, 0.4) is 0 Å². The van der Waals surface area contributed by atoms with E-state index in [2.05, 4.69) is 25.5 Å². The molecule has 5 aromatic rings. The summed E-state index contributed by atoms with van der Waals surface area (Å²) in [4.78, 5) is 21.3. The Morgan fingerprint density at radius 2 is 1.95 bits per heavy atom. The van der Waals surface area contributed by atoms with Gasteiger partial charge in [-0.2, -0.15) is 9.40 Å². The van der Waals surface area contributed by atoms with E-state index < -0.39 is 10.0 Å². The van der Waals surface area contributed by atoms with Crippen molar-refractivity contribution in [1.82, 2.24) is 29.8 Å². The molecule has 1 atom stereocenters. The van der Waals surface area contributed by atoms with E-state index in [1.54, 1.807) is 30.3 Å². The minimum Gasteiger partial charge on any atom is -0.497 e. The van der Waals surface area contributed by atoms with Gasteiger partial charge in [-0.05, 0) is 55.3 Å². The van der Waals surface area contributed by atoms with Gasteiger partial charge >= 0.3 is 0 Å². The number of nitrogens with zero attached hydrogens (tertiary/aromatic N) is 3. The topological polar surface area (TPSA) is 133 Å². The number of benzene rings is 3. The van der Waals surface area contributed by atoms with E-state index in [0.717, 1.165) is 21.9 Å². The number of carbonyl (C=O) groups is 1. The summed E-state index contributed by atoms with van der Waals surface area (Å²) in [7, 11) is -2.22. The molecule has 1 aliphatic heterocycles. The average Bonchev–Trinajstić information content (AvgIpc) is 3.57. The number of sulfonamides is 1. The van der Waals surface area contributed by atoms with E-state index in [9.17, 15) is 13.2 Å². The van der Waals surface area contributed by atoms with Gasteiger partial charge < -0.3 is 15.0 Å². The first-order valence-electron chi connectivity index (χ1n) is 12.3. The minimum atomic E-state index is -3.72. The van der Waals surface area contributed by atoms with Crippen molar-refractivity contribution in [2.24, 2.45) is 0 Å². The smallest absolute Gasteiger partial charge is 0.251 e. The van der Waals surface area contributed by atoms with Gasteiger partial charge in [-0.1, -0.05) is 18.2 Å². The van der Waals surface area contributed by atoms with Gasteiger partial charge in [0, 0.05) is 36.1 Å². The highest BCUT2D eigenvalue weighted by atomic mass is 32.2. The molecule has 6 rings (SSSR count). The van der Waals surface area contributed by atoms with Crippen molar-refractivity contribution in [3.8, 4) is 17.3 Å². The second-order valence-corrected chi connectivity index (χ2v) is 11.2. The van der Waals surface area contributed by atoms with E-state index >= 15 is 0 Å². The van der Waals surface area contributed by atoms with Crippen molar-refractivity contribution in [2.75, 3.05) is 20.2 Å². The number of amides is 1. The molecule has 3 N–H and O–H groups in total. The van der Waals surface area contributed by atoms with Gasteiger partial charge in [0.15, 0.2) is 5.82 Å². The first-order chi connectivity index (χ1) is 18.4. The van der Waals surface area contributed by atoms with Crippen LogP contribution in [0.15, 0.2) is 71.6 Å². The third kappa shape index (κ3) is 4.39. The molecule has 1 fully saturated rings. The molecule has 38 heavy (non-hydrogen) atoms. The number of hydrogen-bond donors (Lipinski definition) is 3. The van der Waals surface area contributed by atoms with Gasteiger partial charge in [0.1, 0.15) is 11.4 Å². The molecular weight excluding hydrogens is 504 g/mol. The van der Waals surface area contributed by atoms with Gasteiger partial charge in [0.2, 0.25) is 10.0 Å². The molecule has 0 spiro atoms. The molecule has 194 valence electrons. The average molecular weight is 531 g/mol. The molecule has 0 bridgehead atoms. The Morgan fingerprint density at radius 1 is 1.08 bits per heavy atom. The van der Waals surface area contributed by atoms with Crippen molar-refractivity contribution < 1.29 is 17.9 Å². The lowest BCUT2D eigenvalue weighted by atomic mass is 10.1. The number of fused-ring (bicyclic) bond motifs is 2. The van der Waals surface area contributed by atoms with Gasteiger partial charge in [0.25, 0.3) is 5.91 Å². The first-order valence-corrected chi connectivity index (χ1v) is 13.7. The second-order valence-electron chi connectivity index (χ2n) is 9.29. The lowest BCUT2D eigenvalue weighted by Crippen LogP contribution is -2.49. The number of piperidine rings is 1. The van der Waals surface area contributed by atoms with Gasteiger partial charge in [-0.25, -0.2) is 13.4 Å². The number of nitrogens with one attached hydrogen (secondary N) is 3. The summed E-state index contributed by atoms with van der Waals surface area (Å²) in [5.41, 5.74) is 3.60. The number of para-hydroxylation sites is 2. The molecular formula is C27H26N6O4S. The second kappa shape index (κ2) is 9.58. The Hall–Kier alpha value is -4.22. The van der Waals surface area contributed by atoms with Crippen LogP contribution < -0.4 is 10.1 Å². The quantitative estimate of drug-likeness (QED) is 0.307. The summed E-state index contributed by atoms with van der Waals surface area (Å²) in [6.07, 6.45) is 1.33. The van der Waals surface area contributed by atoms with Crippen molar-refractivity contribution >= 4 is 37.9 Å². The molecule has 3 aromatic carbocycles. The van der Waals surface area contributed by atoms with E-state index in [1.807, 2.05) is 30.3 Å². The molecule has 2 aromatic heterocycles. The summed E-state index contributed by atoms with van der Waals surface area (Å²) < 4.78 is 33.1. The standard InChI is InChI=1S/C27H26N6O4S/c1-37-19-7-4-8-20(15-19)38(35,36)33-13-5-6-18(16-33)28-27(34)17-11-12-22-21(14-17)25(32-31-22)26-29-23-9-2-3-10-24(23)30-26/h2-4,7-12,14-15,18H,5-6,13,16H2,1H3,(H,28,34)(H,29,30)(H,31,32). The van der Waals surface area contributed by atoms with Crippen molar-refractivity contribution in [3.63, 3.8) is 0 Å². The molecule has 1 amide bonds. The summed E-state index contributed by atoms with van der Waals surface area (Å²) in [5.74, 6) is 0.819. The predicted octanol–water partition coefficient (Wildman–Crippen LogP) is 3.70. The van der Waals surface area contributed by atoms with Crippen LogP contribution in [0.4, 0.5) is 0 Å². The van der Waals surface area contributed by atoms with Crippen LogP contribution in [0, 0.1) is 0 Å². The number of ether oxygens (including phenoxy) is 1. The lowest BCUT2D eigenvalue weighted by Gasteiger charge is -2.32. The fourth-order valence-electron chi connectivity index (χ4n) is 4.86.